The second-order valence-corrected chi connectivity index (χ2v) is 3.43. The Labute approximate surface area is 95.6 Å². The fourth-order valence-corrected chi connectivity index (χ4v) is 1.29. The van der Waals surface area contributed by atoms with Crippen molar-refractivity contribution >= 4 is 5.69 Å². The summed E-state index contributed by atoms with van der Waals surface area (Å²) < 4.78 is 35.5. The van der Waals surface area contributed by atoms with Crippen molar-refractivity contribution in [1.29, 1.82) is 0 Å². The van der Waals surface area contributed by atoms with Crippen LogP contribution >= 0.6 is 0 Å². The van der Waals surface area contributed by atoms with E-state index in [1.165, 1.54) is 18.2 Å². The largest absolute Gasteiger partial charge is 0.390 e. The Bertz CT molecular complexity index is 393. The maximum atomic E-state index is 11.8. The van der Waals surface area contributed by atoms with Crippen LogP contribution in [0.3, 0.4) is 0 Å². The Kier molecular flexibility index (Phi) is 4.45. The quantitative estimate of drug-likeness (QED) is 0.495. The van der Waals surface area contributed by atoms with Gasteiger partial charge in [0.2, 0.25) is 0 Å². The van der Waals surface area contributed by atoms with Gasteiger partial charge in [-0.25, -0.2) is 0 Å². The molecule has 0 saturated heterocycles. The van der Waals surface area contributed by atoms with Crippen molar-refractivity contribution in [2.75, 3.05) is 6.54 Å². The summed E-state index contributed by atoms with van der Waals surface area (Å²) in [6.45, 7) is -0.206. The van der Waals surface area contributed by atoms with Crippen LogP contribution in [-0.4, -0.2) is 17.6 Å². The molecule has 1 aromatic rings. The van der Waals surface area contributed by atoms with Crippen molar-refractivity contribution in [2.45, 2.75) is 19.1 Å². The highest BCUT2D eigenvalue weighted by Gasteiger charge is 2.26. The summed E-state index contributed by atoms with van der Waals surface area (Å²) in [5, 5.41) is 13.1. The number of halogens is 3. The van der Waals surface area contributed by atoms with Gasteiger partial charge in [-0.15, -0.1) is 0 Å². The summed E-state index contributed by atoms with van der Waals surface area (Å²) in [5.41, 5.74) is 0.284. The van der Waals surface area contributed by atoms with Crippen LogP contribution < -0.4 is 5.32 Å². The van der Waals surface area contributed by atoms with Crippen molar-refractivity contribution in [3.8, 4) is 0 Å². The first-order valence-corrected chi connectivity index (χ1v) is 4.90. The molecule has 17 heavy (non-hydrogen) atoms. The Morgan fingerprint density at radius 3 is 2.53 bits per heavy atom. The predicted octanol–water partition coefficient (Wildman–Crippen LogP) is 2.64. The lowest BCUT2D eigenvalue weighted by Gasteiger charge is -2.07. The van der Waals surface area contributed by atoms with Gasteiger partial charge >= 0.3 is 6.18 Å². The van der Waals surface area contributed by atoms with E-state index in [-0.39, 0.29) is 18.8 Å². The summed E-state index contributed by atoms with van der Waals surface area (Å²) in [6, 6.07) is 5.95. The molecular formula is C10H11F3N2O2. The number of nitro groups is 1. The number of hydrogen-bond acceptors (Lipinski definition) is 3. The van der Waals surface area contributed by atoms with Gasteiger partial charge in [-0.1, -0.05) is 18.2 Å². The van der Waals surface area contributed by atoms with E-state index in [2.05, 4.69) is 5.32 Å². The number of benzene rings is 1. The molecular weight excluding hydrogens is 237 g/mol. The molecule has 1 aromatic carbocycles. The minimum absolute atomic E-state index is 0.0488. The molecule has 0 radical (unpaired) electrons. The van der Waals surface area contributed by atoms with Gasteiger partial charge in [0.05, 0.1) is 11.3 Å². The molecule has 7 heteroatoms. The van der Waals surface area contributed by atoms with E-state index in [0.717, 1.165) is 0 Å². The van der Waals surface area contributed by atoms with Crippen molar-refractivity contribution in [2.24, 2.45) is 0 Å². The summed E-state index contributed by atoms with van der Waals surface area (Å²) in [4.78, 5) is 10.1. The van der Waals surface area contributed by atoms with Crippen LogP contribution in [0.2, 0.25) is 0 Å². The van der Waals surface area contributed by atoms with E-state index >= 15 is 0 Å². The van der Waals surface area contributed by atoms with Crippen LogP contribution in [0.4, 0.5) is 18.9 Å². The number of nitrogens with zero attached hydrogens (tertiary/aromatic N) is 1. The smallest absolute Gasteiger partial charge is 0.312 e. The maximum Gasteiger partial charge on any atom is 0.390 e. The molecule has 0 spiro atoms. The van der Waals surface area contributed by atoms with Crippen LogP contribution in [0.15, 0.2) is 24.3 Å². The molecule has 94 valence electrons. The molecule has 0 amide bonds. The first-order chi connectivity index (χ1) is 7.90. The van der Waals surface area contributed by atoms with Gasteiger partial charge in [-0.3, -0.25) is 10.1 Å². The van der Waals surface area contributed by atoms with E-state index in [1.54, 1.807) is 6.07 Å². The normalized spacial score (nSPS) is 11.5. The molecule has 0 atom stereocenters. The number of hydrogen-bond donors (Lipinski definition) is 1. The Morgan fingerprint density at radius 2 is 1.94 bits per heavy atom. The minimum Gasteiger partial charge on any atom is -0.312 e. The van der Waals surface area contributed by atoms with E-state index in [0.29, 0.717) is 5.56 Å². The summed E-state index contributed by atoms with van der Waals surface area (Å²) in [6.07, 6.45) is -5.16. The van der Waals surface area contributed by atoms with E-state index in [4.69, 9.17) is 0 Å². The average Bonchev–Trinajstić information content (AvgIpc) is 2.23. The van der Waals surface area contributed by atoms with Crippen molar-refractivity contribution in [1.82, 2.24) is 5.32 Å². The molecule has 1 N–H and O–H groups in total. The number of alkyl halides is 3. The van der Waals surface area contributed by atoms with Crippen molar-refractivity contribution < 1.29 is 18.1 Å². The van der Waals surface area contributed by atoms with Crippen LogP contribution in [0.25, 0.3) is 0 Å². The second-order valence-electron chi connectivity index (χ2n) is 3.43. The van der Waals surface area contributed by atoms with Gasteiger partial charge in [-0.2, -0.15) is 13.2 Å². The molecule has 0 aromatic heterocycles. The van der Waals surface area contributed by atoms with Crippen molar-refractivity contribution in [3.05, 3.63) is 39.9 Å². The lowest BCUT2D eigenvalue weighted by Crippen LogP contribution is -2.21. The maximum absolute atomic E-state index is 11.8. The highest BCUT2D eigenvalue weighted by molar-refractivity contribution is 5.39. The average molecular weight is 248 g/mol. The third kappa shape index (κ3) is 4.81. The third-order valence-electron chi connectivity index (χ3n) is 2.09. The van der Waals surface area contributed by atoms with Crippen LogP contribution in [0.5, 0.6) is 0 Å². The lowest BCUT2D eigenvalue weighted by molar-refractivity contribution is -0.385. The zero-order chi connectivity index (χ0) is 12.9. The monoisotopic (exact) mass is 248 g/mol. The van der Waals surface area contributed by atoms with E-state index < -0.39 is 17.5 Å². The summed E-state index contributed by atoms with van der Waals surface area (Å²) in [5.74, 6) is 0. The van der Waals surface area contributed by atoms with Gasteiger partial charge in [0.15, 0.2) is 0 Å². The van der Waals surface area contributed by atoms with E-state index in [9.17, 15) is 23.3 Å². The zero-order valence-corrected chi connectivity index (χ0v) is 8.83. The number of nitro benzene ring substituents is 1. The van der Waals surface area contributed by atoms with Gasteiger partial charge < -0.3 is 5.32 Å². The molecule has 0 unspecified atom stereocenters. The topological polar surface area (TPSA) is 55.2 Å². The number of rotatable bonds is 5. The number of nitrogens with one attached hydrogen (secondary N) is 1. The van der Waals surface area contributed by atoms with Crippen LogP contribution in [0, 0.1) is 10.1 Å². The minimum atomic E-state index is -4.21. The summed E-state index contributed by atoms with van der Waals surface area (Å²) in [7, 11) is 0. The molecule has 0 aliphatic carbocycles. The molecule has 0 fully saturated rings. The molecule has 1 rings (SSSR count). The molecule has 0 bridgehead atoms. The zero-order valence-electron chi connectivity index (χ0n) is 8.83. The Balaban J connectivity index is 2.49. The first kappa shape index (κ1) is 13.4. The standard InChI is InChI=1S/C10H11F3N2O2/c11-10(12,13)5-6-14-7-8-3-1-2-4-9(8)15(16)17/h1-4,14H,5-7H2. The first-order valence-electron chi connectivity index (χ1n) is 4.90. The second kappa shape index (κ2) is 5.62. The predicted molar refractivity (Wildman–Crippen MR) is 55.5 cm³/mol. The molecule has 0 aliphatic heterocycles. The van der Waals surface area contributed by atoms with Crippen molar-refractivity contribution in [3.63, 3.8) is 0 Å². The number of para-hydroxylation sites is 1. The van der Waals surface area contributed by atoms with Gasteiger partial charge in [0, 0.05) is 24.7 Å². The molecule has 0 aliphatic rings. The molecule has 4 nitrogen and oxygen atoms in total. The SMILES string of the molecule is O=[N+]([O-])c1ccccc1CNCCC(F)(F)F. The fraction of sp³-hybridized carbons (Fsp3) is 0.400. The van der Waals surface area contributed by atoms with E-state index in [1.807, 2.05) is 0 Å². The fourth-order valence-electron chi connectivity index (χ4n) is 1.29. The van der Waals surface area contributed by atoms with Gasteiger partial charge in [-0.05, 0) is 0 Å². The van der Waals surface area contributed by atoms with Gasteiger partial charge in [0.1, 0.15) is 0 Å². The summed E-state index contributed by atoms with van der Waals surface area (Å²) >= 11 is 0. The highest BCUT2D eigenvalue weighted by atomic mass is 19.4. The lowest BCUT2D eigenvalue weighted by atomic mass is 10.2. The highest BCUT2D eigenvalue weighted by Crippen LogP contribution is 2.19. The van der Waals surface area contributed by atoms with Crippen LogP contribution in [-0.2, 0) is 6.54 Å². The van der Waals surface area contributed by atoms with Gasteiger partial charge in [0.25, 0.3) is 5.69 Å². The Morgan fingerprint density at radius 1 is 1.29 bits per heavy atom. The third-order valence-corrected chi connectivity index (χ3v) is 2.09. The molecule has 0 saturated carbocycles. The van der Waals surface area contributed by atoms with Crippen LogP contribution in [0.1, 0.15) is 12.0 Å². The molecule has 0 heterocycles. The Hall–Kier alpha value is -1.63.